The number of hydrogen-bond donors (Lipinski definition) is 2. The van der Waals surface area contributed by atoms with Crippen molar-refractivity contribution in [3.05, 3.63) is 0 Å². The molecule has 2 N–H and O–H groups in total. The van der Waals surface area contributed by atoms with Gasteiger partial charge in [0.25, 0.3) is 0 Å². The van der Waals surface area contributed by atoms with Crippen molar-refractivity contribution in [2.45, 2.75) is 55.2 Å². The van der Waals surface area contributed by atoms with Gasteiger partial charge in [-0.2, -0.15) is 8.42 Å². The number of alkyl halides is 1. The van der Waals surface area contributed by atoms with E-state index in [1.165, 1.54) is 0 Å². The normalized spacial score (nSPS) is 52.4. The number of fused-ring (bicyclic) bond motifs is 1. The van der Waals surface area contributed by atoms with E-state index in [0.717, 1.165) is 6.42 Å². The van der Waals surface area contributed by atoms with Crippen molar-refractivity contribution >= 4 is 16.1 Å². The molecule has 4 aliphatic carbocycles. The quantitative estimate of drug-likeness (QED) is 0.589. The Morgan fingerprint density at radius 2 is 2.00 bits per heavy atom. The summed E-state index contributed by atoms with van der Waals surface area (Å²) in [6.07, 6.45) is 2.98. The van der Waals surface area contributed by atoms with Gasteiger partial charge in [0.2, 0.25) is 0 Å². The Hall–Kier alpha value is -0.730. The smallest absolute Gasteiger partial charge is 0.362 e. The van der Waals surface area contributed by atoms with E-state index in [0.29, 0.717) is 32.1 Å². The van der Waals surface area contributed by atoms with E-state index in [1.54, 1.807) is 0 Å². The summed E-state index contributed by atoms with van der Waals surface area (Å²) in [4.78, 5) is 11.9. The van der Waals surface area contributed by atoms with Gasteiger partial charge in [0, 0.05) is 11.8 Å². The lowest BCUT2D eigenvalue weighted by Crippen LogP contribution is -2.50. The molecule has 4 fully saturated rings. The molecule has 0 aromatic carbocycles. The molecule has 4 aliphatic rings. The Morgan fingerprint density at radius 1 is 1.33 bits per heavy atom. The fraction of sp³-hybridized carbons (Fsp3) is 0.923. The third-order valence-corrected chi connectivity index (χ3v) is 7.42. The summed E-state index contributed by atoms with van der Waals surface area (Å²) in [5, 5.41) is 7.02. The van der Waals surface area contributed by atoms with Gasteiger partial charge in [-0.1, -0.05) is 0 Å². The van der Waals surface area contributed by atoms with Crippen molar-refractivity contribution < 1.29 is 32.0 Å². The molecule has 0 aromatic rings. The van der Waals surface area contributed by atoms with Crippen molar-refractivity contribution in [2.24, 2.45) is 17.3 Å². The van der Waals surface area contributed by atoms with Crippen molar-refractivity contribution in [3.63, 3.8) is 0 Å². The molecule has 0 heterocycles. The van der Waals surface area contributed by atoms with Gasteiger partial charge in [0.1, 0.15) is 5.60 Å². The maximum absolute atomic E-state index is 14.0. The van der Waals surface area contributed by atoms with Crippen LogP contribution in [-0.4, -0.2) is 40.2 Å². The van der Waals surface area contributed by atoms with Gasteiger partial charge in [-0.15, -0.1) is 0 Å². The molecule has 0 aromatic heterocycles. The molecular formula is C13H17FO6S. The van der Waals surface area contributed by atoms with Gasteiger partial charge < -0.3 is 9.84 Å². The van der Waals surface area contributed by atoms with Crippen LogP contribution >= 0.6 is 0 Å². The minimum Gasteiger partial charge on any atom is -0.455 e. The number of aliphatic hydroxyl groups is 1. The largest absolute Gasteiger partial charge is 0.455 e. The second kappa shape index (κ2) is 3.28. The molecule has 1 spiro atoms. The Bertz CT molecular complexity index is 660. The third kappa shape index (κ3) is 1.44. The fourth-order valence-electron chi connectivity index (χ4n) is 5.26. The first-order valence-electron chi connectivity index (χ1n) is 7.07. The van der Waals surface area contributed by atoms with E-state index in [-0.39, 0.29) is 17.8 Å². The Balaban J connectivity index is 1.61. The highest BCUT2D eigenvalue weighted by Crippen LogP contribution is 2.84. The Labute approximate surface area is 121 Å². The van der Waals surface area contributed by atoms with Crippen molar-refractivity contribution in [1.29, 1.82) is 0 Å². The van der Waals surface area contributed by atoms with Crippen LogP contribution in [0.5, 0.6) is 0 Å². The summed E-state index contributed by atoms with van der Waals surface area (Å²) in [5.74, 6) is -0.882. The van der Waals surface area contributed by atoms with Gasteiger partial charge in [0.15, 0.2) is 0 Å². The highest BCUT2D eigenvalue weighted by atomic mass is 32.2. The maximum Gasteiger partial charge on any atom is 0.362 e. The van der Waals surface area contributed by atoms with Crippen LogP contribution in [0, 0.1) is 17.3 Å². The summed E-state index contributed by atoms with van der Waals surface area (Å²) in [6, 6.07) is 0. The van der Waals surface area contributed by atoms with E-state index in [1.807, 2.05) is 0 Å². The second-order valence-electron chi connectivity index (χ2n) is 7.49. The van der Waals surface area contributed by atoms with Crippen LogP contribution < -0.4 is 0 Å². The topological polar surface area (TPSA) is 101 Å². The van der Waals surface area contributed by atoms with E-state index >= 15 is 0 Å². The second-order valence-corrected chi connectivity index (χ2v) is 9.21. The lowest BCUT2D eigenvalue weighted by atomic mass is 9.60. The number of carbonyl (C=O) groups is 1. The minimum absolute atomic E-state index is 0.203. The zero-order valence-corrected chi connectivity index (χ0v) is 12.3. The zero-order chi connectivity index (χ0) is 15.5. The first-order chi connectivity index (χ1) is 9.45. The SMILES string of the molecule is CC(F)(C(=O)OC12CC3(O)CC4CC1(C2)C4C3)S(=O)(=O)O. The number of halogens is 1. The molecule has 6 nitrogen and oxygen atoms in total. The number of rotatable bonds is 3. The first kappa shape index (κ1) is 13.9. The van der Waals surface area contributed by atoms with Crippen LogP contribution in [0.4, 0.5) is 4.39 Å². The van der Waals surface area contributed by atoms with Gasteiger partial charge in [0.05, 0.1) is 5.60 Å². The fourth-order valence-corrected chi connectivity index (χ4v) is 5.52. The van der Waals surface area contributed by atoms with Crippen molar-refractivity contribution in [1.82, 2.24) is 0 Å². The molecule has 0 aliphatic heterocycles. The van der Waals surface area contributed by atoms with Gasteiger partial charge in [-0.3, -0.25) is 4.55 Å². The highest BCUT2D eigenvalue weighted by Gasteiger charge is 2.86. The van der Waals surface area contributed by atoms with E-state index in [4.69, 9.17) is 9.29 Å². The molecule has 6 unspecified atom stereocenters. The van der Waals surface area contributed by atoms with Crippen LogP contribution in [-0.2, 0) is 19.6 Å². The molecule has 0 saturated heterocycles. The lowest BCUT2D eigenvalue weighted by Gasteiger charge is -2.46. The predicted octanol–water partition coefficient (Wildman–Crippen LogP) is 0.797. The molecule has 4 saturated carbocycles. The van der Waals surface area contributed by atoms with Crippen LogP contribution in [0.15, 0.2) is 0 Å². The average Bonchev–Trinajstić information content (AvgIpc) is 2.89. The van der Waals surface area contributed by atoms with Crippen LogP contribution in [0.1, 0.15) is 39.0 Å². The Kier molecular flexibility index (Phi) is 2.17. The molecule has 8 heteroatoms. The summed E-state index contributed by atoms with van der Waals surface area (Å²) in [6.45, 7) is 0.478. The molecule has 4 rings (SSSR count). The number of ether oxygens (including phenoxy) is 1. The molecule has 21 heavy (non-hydrogen) atoms. The molecule has 2 bridgehead atoms. The molecular weight excluding hydrogens is 303 g/mol. The van der Waals surface area contributed by atoms with Gasteiger partial charge in [-0.05, 0) is 44.4 Å². The number of hydrogen-bond acceptors (Lipinski definition) is 5. The van der Waals surface area contributed by atoms with Gasteiger partial charge >= 0.3 is 21.1 Å². The summed E-state index contributed by atoms with van der Waals surface area (Å²) >= 11 is 0. The van der Waals surface area contributed by atoms with Crippen molar-refractivity contribution in [3.8, 4) is 0 Å². The van der Waals surface area contributed by atoms with Crippen LogP contribution in [0.25, 0.3) is 0 Å². The zero-order valence-electron chi connectivity index (χ0n) is 11.5. The third-order valence-electron chi connectivity index (χ3n) is 6.28. The number of esters is 1. The minimum atomic E-state index is -5.20. The Morgan fingerprint density at radius 3 is 2.62 bits per heavy atom. The van der Waals surface area contributed by atoms with E-state index < -0.39 is 32.3 Å². The standard InChI is InChI=1S/C13H17FO6S/c1-10(14,21(17,18)19)9(15)20-13-5-11(16)2-7-3-12(13,6-13)8(7)4-11/h7-8,16H,2-6H2,1H3,(H,17,18,19). The van der Waals surface area contributed by atoms with Crippen molar-refractivity contribution in [2.75, 3.05) is 0 Å². The summed E-state index contributed by atoms with van der Waals surface area (Å²) < 4.78 is 50.0. The average molecular weight is 320 g/mol. The predicted molar refractivity (Wildman–Crippen MR) is 67.3 cm³/mol. The first-order valence-corrected chi connectivity index (χ1v) is 8.51. The lowest BCUT2D eigenvalue weighted by molar-refractivity contribution is -0.174. The summed E-state index contributed by atoms with van der Waals surface area (Å²) in [7, 11) is -5.20. The maximum atomic E-state index is 14.0. The molecule has 0 amide bonds. The molecule has 0 radical (unpaired) electrons. The number of carbonyl (C=O) groups excluding carboxylic acids is 1. The van der Waals surface area contributed by atoms with Crippen LogP contribution in [0.2, 0.25) is 0 Å². The monoisotopic (exact) mass is 320 g/mol. The molecule has 6 atom stereocenters. The van der Waals surface area contributed by atoms with E-state index in [2.05, 4.69) is 0 Å². The van der Waals surface area contributed by atoms with Crippen LogP contribution in [0.3, 0.4) is 0 Å². The highest BCUT2D eigenvalue weighted by molar-refractivity contribution is 7.87. The van der Waals surface area contributed by atoms with Gasteiger partial charge in [-0.25, -0.2) is 9.18 Å². The molecule has 118 valence electrons. The van der Waals surface area contributed by atoms with E-state index in [9.17, 15) is 22.7 Å². The summed E-state index contributed by atoms with van der Waals surface area (Å²) in [5.41, 5.74) is -2.05.